The minimum Gasteiger partial charge on any atom is -0.456 e. The van der Waals surface area contributed by atoms with Crippen molar-refractivity contribution in [2.45, 2.75) is 19.1 Å². The van der Waals surface area contributed by atoms with Gasteiger partial charge in [0.15, 0.2) is 0 Å². The zero-order chi connectivity index (χ0) is 22.8. The lowest BCUT2D eigenvalue weighted by atomic mass is 10.1. The number of hydrogen-bond donors (Lipinski definition) is 2. The molecule has 4 N–H and O–H groups in total. The molecule has 1 amide bonds. The third-order valence-corrected chi connectivity index (χ3v) is 4.55. The Labute approximate surface area is 185 Å². The van der Waals surface area contributed by atoms with Gasteiger partial charge in [0.1, 0.15) is 23.3 Å². The molecule has 0 bridgehead atoms. The molecule has 32 heavy (non-hydrogen) atoms. The number of aromatic nitrogens is 1. The van der Waals surface area contributed by atoms with Gasteiger partial charge in [-0.1, -0.05) is 0 Å². The number of aryl methyl sites for hydroxylation is 1. The standard InChI is InChI=1S/C21H15ClF4N2O3.H3N/c1-12-8-14(23)3-5-17(12)31-18-9-13(21(24,25)26)2-4-16(18)20(30)27-15-6-7-28(11-22)19(29)10-15;/h2-10H,11H2,1H3,(H,27,30);1H3. The fourth-order valence-electron chi connectivity index (χ4n) is 2.70. The van der Waals surface area contributed by atoms with Gasteiger partial charge in [0, 0.05) is 18.0 Å². The number of pyridine rings is 1. The van der Waals surface area contributed by atoms with Gasteiger partial charge < -0.3 is 20.8 Å². The molecule has 2 aromatic carbocycles. The van der Waals surface area contributed by atoms with E-state index >= 15 is 0 Å². The van der Waals surface area contributed by atoms with E-state index in [1.807, 2.05) is 0 Å². The average Bonchev–Trinajstić information content (AvgIpc) is 2.69. The summed E-state index contributed by atoms with van der Waals surface area (Å²) in [4.78, 5) is 24.6. The Bertz CT molecular complexity index is 1200. The fraction of sp³-hybridized carbons (Fsp3) is 0.143. The minimum absolute atomic E-state index is 0. The molecule has 0 saturated carbocycles. The minimum atomic E-state index is -4.67. The van der Waals surface area contributed by atoms with Crippen molar-refractivity contribution in [1.82, 2.24) is 10.7 Å². The molecular weight excluding hydrogens is 454 g/mol. The normalized spacial score (nSPS) is 10.9. The lowest BCUT2D eigenvalue weighted by molar-refractivity contribution is -0.137. The first kappa shape index (κ1) is 24.9. The van der Waals surface area contributed by atoms with Crippen molar-refractivity contribution in [3.8, 4) is 11.5 Å². The molecule has 0 radical (unpaired) electrons. The molecule has 0 aliphatic heterocycles. The highest BCUT2D eigenvalue weighted by Gasteiger charge is 2.32. The number of ether oxygens (including phenoxy) is 1. The number of anilines is 1. The summed E-state index contributed by atoms with van der Waals surface area (Å²) in [5.41, 5.74) is -1.26. The Kier molecular flexibility index (Phi) is 7.65. The molecule has 0 spiro atoms. The molecular formula is C21H18ClF4N3O3. The van der Waals surface area contributed by atoms with E-state index in [4.69, 9.17) is 16.3 Å². The largest absolute Gasteiger partial charge is 0.456 e. The van der Waals surface area contributed by atoms with E-state index < -0.39 is 29.0 Å². The number of nitrogens with one attached hydrogen (secondary N) is 1. The number of hydrogen-bond acceptors (Lipinski definition) is 4. The third kappa shape index (κ3) is 5.65. The summed E-state index contributed by atoms with van der Waals surface area (Å²) >= 11 is 5.60. The van der Waals surface area contributed by atoms with Crippen LogP contribution in [0.3, 0.4) is 0 Å². The van der Waals surface area contributed by atoms with Crippen molar-refractivity contribution in [3.05, 3.63) is 87.6 Å². The first-order valence-electron chi connectivity index (χ1n) is 8.81. The number of benzene rings is 2. The molecule has 6 nitrogen and oxygen atoms in total. The highest BCUT2D eigenvalue weighted by molar-refractivity contribution is 6.15. The number of nitrogens with zero attached hydrogens (tertiary/aromatic N) is 1. The van der Waals surface area contributed by atoms with Crippen LogP contribution in [-0.4, -0.2) is 10.5 Å². The molecule has 0 aliphatic carbocycles. The number of carbonyl (C=O) groups is 1. The summed E-state index contributed by atoms with van der Waals surface area (Å²) in [6.45, 7) is 1.51. The van der Waals surface area contributed by atoms with Crippen molar-refractivity contribution < 1.29 is 27.1 Å². The molecule has 0 aliphatic rings. The van der Waals surface area contributed by atoms with Gasteiger partial charge in [0.05, 0.1) is 11.1 Å². The van der Waals surface area contributed by atoms with Gasteiger partial charge in [0.25, 0.3) is 11.5 Å². The Morgan fingerprint density at radius 2 is 1.81 bits per heavy atom. The Balaban J connectivity index is 0.00000363. The van der Waals surface area contributed by atoms with Crippen LogP contribution in [0.5, 0.6) is 11.5 Å². The topological polar surface area (TPSA) is 95.3 Å². The summed E-state index contributed by atoms with van der Waals surface area (Å²) in [5.74, 6) is -1.64. The Morgan fingerprint density at radius 3 is 2.41 bits per heavy atom. The lowest BCUT2D eigenvalue weighted by Crippen LogP contribution is -2.20. The predicted octanol–water partition coefficient (Wildman–Crippen LogP) is 5.72. The Morgan fingerprint density at radius 1 is 1.09 bits per heavy atom. The van der Waals surface area contributed by atoms with E-state index in [2.05, 4.69) is 5.32 Å². The van der Waals surface area contributed by atoms with Gasteiger partial charge in [-0.05, 0) is 55.0 Å². The zero-order valence-corrected chi connectivity index (χ0v) is 17.4. The van der Waals surface area contributed by atoms with E-state index in [1.165, 1.54) is 29.8 Å². The van der Waals surface area contributed by atoms with Crippen LogP contribution in [0.2, 0.25) is 0 Å². The number of amides is 1. The van der Waals surface area contributed by atoms with Crippen molar-refractivity contribution in [2.24, 2.45) is 0 Å². The number of halogens is 5. The summed E-state index contributed by atoms with van der Waals surface area (Å²) in [5, 5.41) is 2.44. The van der Waals surface area contributed by atoms with Gasteiger partial charge in [0.2, 0.25) is 0 Å². The summed E-state index contributed by atoms with van der Waals surface area (Å²) in [7, 11) is 0. The van der Waals surface area contributed by atoms with Crippen LogP contribution in [0, 0.1) is 12.7 Å². The fourth-order valence-corrected chi connectivity index (χ4v) is 2.90. The van der Waals surface area contributed by atoms with E-state index in [9.17, 15) is 27.2 Å². The molecule has 1 heterocycles. The molecule has 170 valence electrons. The number of rotatable bonds is 5. The van der Waals surface area contributed by atoms with Crippen molar-refractivity contribution in [2.75, 3.05) is 5.32 Å². The number of alkyl halides is 4. The zero-order valence-electron chi connectivity index (χ0n) is 16.7. The van der Waals surface area contributed by atoms with Crippen LogP contribution in [0.25, 0.3) is 0 Å². The second-order valence-corrected chi connectivity index (χ2v) is 6.76. The van der Waals surface area contributed by atoms with Crippen LogP contribution in [0.4, 0.5) is 23.2 Å². The van der Waals surface area contributed by atoms with Crippen LogP contribution >= 0.6 is 11.6 Å². The van der Waals surface area contributed by atoms with E-state index in [1.54, 1.807) is 0 Å². The van der Waals surface area contributed by atoms with E-state index in [-0.39, 0.29) is 34.9 Å². The summed E-state index contributed by atoms with van der Waals surface area (Å²) < 4.78 is 59.6. The maximum Gasteiger partial charge on any atom is 0.416 e. The monoisotopic (exact) mass is 471 g/mol. The maximum absolute atomic E-state index is 13.3. The first-order valence-corrected chi connectivity index (χ1v) is 9.35. The third-order valence-electron chi connectivity index (χ3n) is 4.29. The number of carbonyl (C=O) groups excluding carboxylic acids is 1. The van der Waals surface area contributed by atoms with Crippen molar-refractivity contribution in [1.29, 1.82) is 0 Å². The van der Waals surface area contributed by atoms with Gasteiger partial charge in [-0.2, -0.15) is 13.2 Å². The van der Waals surface area contributed by atoms with Crippen LogP contribution in [0.15, 0.2) is 59.5 Å². The molecule has 11 heteroatoms. The maximum atomic E-state index is 13.3. The smallest absolute Gasteiger partial charge is 0.416 e. The molecule has 3 rings (SSSR count). The Hall–Kier alpha value is -3.37. The molecule has 1 aromatic heterocycles. The van der Waals surface area contributed by atoms with Gasteiger partial charge in [-0.25, -0.2) is 4.39 Å². The van der Waals surface area contributed by atoms with Crippen molar-refractivity contribution in [3.63, 3.8) is 0 Å². The van der Waals surface area contributed by atoms with Gasteiger partial charge in [-0.3, -0.25) is 9.59 Å². The van der Waals surface area contributed by atoms with Gasteiger partial charge >= 0.3 is 6.18 Å². The molecule has 0 atom stereocenters. The SMILES string of the molecule is Cc1cc(F)ccc1Oc1cc(C(F)(F)F)ccc1C(=O)Nc1ccn(CCl)c(=O)c1.N. The average molecular weight is 472 g/mol. The van der Waals surface area contributed by atoms with E-state index in [0.29, 0.717) is 11.6 Å². The predicted molar refractivity (Wildman–Crippen MR) is 112 cm³/mol. The highest BCUT2D eigenvalue weighted by Crippen LogP contribution is 2.36. The van der Waals surface area contributed by atoms with Gasteiger partial charge in [-0.15, -0.1) is 11.6 Å². The van der Waals surface area contributed by atoms with E-state index in [0.717, 1.165) is 30.3 Å². The lowest BCUT2D eigenvalue weighted by Gasteiger charge is -2.16. The second kappa shape index (κ2) is 9.84. The van der Waals surface area contributed by atoms with Crippen LogP contribution in [-0.2, 0) is 12.2 Å². The molecule has 0 fully saturated rings. The molecule has 0 saturated heterocycles. The molecule has 3 aromatic rings. The molecule has 0 unspecified atom stereocenters. The highest BCUT2D eigenvalue weighted by atomic mass is 35.5. The van der Waals surface area contributed by atoms with Crippen LogP contribution < -0.4 is 21.8 Å². The quantitative estimate of drug-likeness (QED) is 0.367. The summed E-state index contributed by atoms with van der Waals surface area (Å²) in [6, 6.07) is 8.32. The van der Waals surface area contributed by atoms with Crippen molar-refractivity contribution >= 4 is 23.2 Å². The first-order chi connectivity index (χ1) is 14.6. The summed E-state index contributed by atoms with van der Waals surface area (Å²) in [6.07, 6.45) is -3.31. The van der Waals surface area contributed by atoms with Crippen LogP contribution in [0.1, 0.15) is 21.5 Å². The second-order valence-electron chi connectivity index (χ2n) is 6.52.